The van der Waals surface area contributed by atoms with Crippen molar-refractivity contribution in [1.29, 1.82) is 0 Å². The zero-order valence-corrected chi connectivity index (χ0v) is 19.5. The van der Waals surface area contributed by atoms with Crippen LogP contribution in [0.15, 0.2) is 60.7 Å². The third-order valence-electron chi connectivity index (χ3n) is 5.24. The molecule has 0 saturated carbocycles. The predicted octanol–water partition coefficient (Wildman–Crippen LogP) is 4.20. The van der Waals surface area contributed by atoms with Gasteiger partial charge in [0.1, 0.15) is 26.4 Å². The first-order valence-electron chi connectivity index (χ1n) is 10.7. The third-order valence-corrected chi connectivity index (χ3v) is 5.24. The zero-order valence-electron chi connectivity index (χ0n) is 19.5. The van der Waals surface area contributed by atoms with Gasteiger partial charge in [-0.1, -0.05) is 42.5 Å². The summed E-state index contributed by atoms with van der Waals surface area (Å²) in [7, 11) is 0. The standard InChI is InChI=1S/C24H20N2O12/c27-23(28)18-4-2-6-21(26(32)33)22(18)24(29)35-11-15-7-9-16(10-8-15)12-37-38-14-19-17(13-36-34)3-1-5-20(19)25(30)31/h1-10,34H,11-14H2,(H,27,28). The highest BCUT2D eigenvalue weighted by molar-refractivity contribution is 6.05. The second kappa shape index (κ2) is 13.0. The topological polar surface area (TPSA) is 198 Å². The Bertz CT molecular complexity index is 1310. The molecule has 0 radical (unpaired) electrons. The molecule has 0 aliphatic carbocycles. The molecule has 0 bridgehead atoms. The van der Waals surface area contributed by atoms with Crippen molar-refractivity contribution in [1.82, 2.24) is 0 Å². The number of nitro benzene ring substituents is 2. The van der Waals surface area contributed by atoms with Crippen molar-refractivity contribution < 1.29 is 49.2 Å². The molecule has 0 atom stereocenters. The smallest absolute Gasteiger partial charge is 0.346 e. The molecule has 0 spiro atoms. The summed E-state index contributed by atoms with van der Waals surface area (Å²) in [5.74, 6) is -2.66. The van der Waals surface area contributed by atoms with Crippen LogP contribution in [0.5, 0.6) is 0 Å². The fraction of sp³-hybridized carbons (Fsp3) is 0.167. The first-order chi connectivity index (χ1) is 18.2. The lowest BCUT2D eigenvalue weighted by Crippen LogP contribution is -2.14. The van der Waals surface area contributed by atoms with Crippen molar-refractivity contribution in [2.75, 3.05) is 0 Å². The third kappa shape index (κ3) is 6.92. The number of esters is 1. The fourth-order valence-electron chi connectivity index (χ4n) is 3.41. The van der Waals surface area contributed by atoms with Gasteiger partial charge in [-0.05, 0) is 22.8 Å². The van der Waals surface area contributed by atoms with Crippen LogP contribution in [-0.2, 0) is 45.8 Å². The number of benzene rings is 3. The van der Waals surface area contributed by atoms with Crippen LogP contribution in [0.25, 0.3) is 0 Å². The molecule has 14 heteroatoms. The van der Waals surface area contributed by atoms with E-state index in [1.807, 2.05) is 0 Å². The number of hydrogen-bond acceptors (Lipinski definition) is 11. The van der Waals surface area contributed by atoms with Crippen LogP contribution in [0.3, 0.4) is 0 Å². The Morgan fingerprint density at radius 3 is 1.95 bits per heavy atom. The van der Waals surface area contributed by atoms with Crippen molar-refractivity contribution in [3.63, 3.8) is 0 Å². The summed E-state index contributed by atoms with van der Waals surface area (Å²) in [5.41, 5.74) is -0.444. The molecule has 198 valence electrons. The minimum Gasteiger partial charge on any atom is -0.478 e. The lowest BCUT2D eigenvalue weighted by Gasteiger charge is -2.10. The number of nitro groups is 2. The average Bonchev–Trinajstić information content (AvgIpc) is 2.90. The van der Waals surface area contributed by atoms with Crippen molar-refractivity contribution in [3.8, 4) is 0 Å². The van der Waals surface area contributed by atoms with Crippen LogP contribution >= 0.6 is 0 Å². The maximum atomic E-state index is 12.5. The van der Waals surface area contributed by atoms with Crippen LogP contribution in [0.4, 0.5) is 11.4 Å². The lowest BCUT2D eigenvalue weighted by atomic mass is 10.1. The number of ether oxygens (including phenoxy) is 1. The van der Waals surface area contributed by atoms with Crippen LogP contribution in [0.1, 0.15) is 43.0 Å². The molecule has 0 aromatic heterocycles. The van der Waals surface area contributed by atoms with Gasteiger partial charge >= 0.3 is 11.9 Å². The van der Waals surface area contributed by atoms with Gasteiger partial charge in [0.2, 0.25) is 0 Å². The highest BCUT2D eigenvalue weighted by atomic mass is 17.2. The first-order valence-corrected chi connectivity index (χ1v) is 10.7. The Morgan fingerprint density at radius 2 is 1.34 bits per heavy atom. The molecule has 0 saturated heterocycles. The molecule has 0 aliphatic rings. The molecule has 0 aliphatic heterocycles. The molecule has 0 heterocycles. The predicted molar refractivity (Wildman–Crippen MR) is 126 cm³/mol. The molecule has 0 unspecified atom stereocenters. The van der Waals surface area contributed by atoms with Gasteiger partial charge in [0.15, 0.2) is 5.56 Å². The van der Waals surface area contributed by atoms with Gasteiger partial charge in [-0.15, -0.1) is 0 Å². The zero-order chi connectivity index (χ0) is 27.7. The van der Waals surface area contributed by atoms with Crippen LogP contribution in [-0.4, -0.2) is 32.1 Å². The first kappa shape index (κ1) is 27.8. The second-order valence-corrected chi connectivity index (χ2v) is 7.62. The van der Waals surface area contributed by atoms with Crippen molar-refractivity contribution >= 4 is 23.3 Å². The molecule has 3 aromatic carbocycles. The summed E-state index contributed by atoms with van der Waals surface area (Å²) in [4.78, 5) is 59.2. The number of hydrogen-bond donors (Lipinski definition) is 2. The van der Waals surface area contributed by atoms with E-state index in [1.54, 1.807) is 24.3 Å². The number of nitrogens with zero attached hydrogens (tertiary/aromatic N) is 2. The van der Waals surface area contributed by atoms with E-state index in [4.69, 9.17) is 19.8 Å². The Kier molecular flexibility index (Phi) is 9.50. The van der Waals surface area contributed by atoms with Crippen LogP contribution < -0.4 is 0 Å². The fourth-order valence-corrected chi connectivity index (χ4v) is 3.41. The largest absolute Gasteiger partial charge is 0.478 e. The molecular weight excluding hydrogens is 508 g/mol. The molecule has 14 nitrogen and oxygen atoms in total. The molecule has 3 aromatic rings. The number of carboxylic acid groups (broad SMARTS) is 1. The van der Waals surface area contributed by atoms with Gasteiger partial charge in [0, 0.05) is 12.1 Å². The van der Waals surface area contributed by atoms with Gasteiger partial charge in [-0.2, -0.15) is 0 Å². The highest BCUT2D eigenvalue weighted by Crippen LogP contribution is 2.25. The Labute approximate surface area is 213 Å². The maximum absolute atomic E-state index is 12.5. The van der Waals surface area contributed by atoms with Crippen LogP contribution in [0, 0.1) is 20.2 Å². The number of carbonyl (C=O) groups is 2. The van der Waals surface area contributed by atoms with Gasteiger partial charge in [-0.3, -0.25) is 25.5 Å². The van der Waals surface area contributed by atoms with E-state index in [1.165, 1.54) is 18.2 Å². The van der Waals surface area contributed by atoms with Gasteiger partial charge in [0.05, 0.1) is 21.0 Å². The number of carboxylic acids is 1. The molecular formula is C24H20N2O12. The Hall–Kier alpha value is -4.76. The Morgan fingerprint density at radius 1 is 0.763 bits per heavy atom. The summed E-state index contributed by atoms with van der Waals surface area (Å²) in [6.07, 6.45) is 0. The number of carbonyl (C=O) groups excluding carboxylic acids is 1. The van der Waals surface area contributed by atoms with E-state index in [-0.39, 0.29) is 37.7 Å². The van der Waals surface area contributed by atoms with E-state index in [2.05, 4.69) is 4.89 Å². The molecule has 3 rings (SSSR count). The van der Waals surface area contributed by atoms with Gasteiger partial charge in [-0.25, -0.2) is 24.3 Å². The van der Waals surface area contributed by atoms with Gasteiger partial charge in [0.25, 0.3) is 11.4 Å². The minimum atomic E-state index is -1.51. The van der Waals surface area contributed by atoms with Gasteiger partial charge < -0.3 is 9.84 Å². The van der Waals surface area contributed by atoms with Crippen molar-refractivity contribution in [2.45, 2.75) is 26.4 Å². The summed E-state index contributed by atoms with van der Waals surface area (Å²) in [5, 5.41) is 40.4. The highest BCUT2D eigenvalue weighted by Gasteiger charge is 2.28. The van der Waals surface area contributed by atoms with Crippen molar-refractivity contribution in [3.05, 3.63) is 114 Å². The van der Waals surface area contributed by atoms with E-state index in [0.29, 0.717) is 16.7 Å². The molecule has 38 heavy (non-hydrogen) atoms. The van der Waals surface area contributed by atoms with Crippen LogP contribution in [0.2, 0.25) is 0 Å². The van der Waals surface area contributed by atoms with E-state index in [9.17, 15) is 34.9 Å². The molecule has 0 fully saturated rings. The maximum Gasteiger partial charge on any atom is 0.346 e. The normalized spacial score (nSPS) is 10.7. The van der Waals surface area contributed by atoms with E-state index >= 15 is 0 Å². The Balaban J connectivity index is 1.57. The summed E-state index contributed by atoms with van der Waals surface area (Å²) >= 11 is 0. The van der Waals surface area contributed by atoms with E-state index in [0.717, 1.165) is 18.2 Å². The quantitative estimate of drug-likeness (QED) is 0.106. The molecule has 2 N–H and O–H groups in total. The SMILES string of the molecule is O=C(O)c1cccc([N+](=O)[O-])c1C(=O)OCc1ccc(COOCc2c(COO)cccc2[N+](=O)[O-])cc1. The second-order valence-electron chi connectivity index (χ2n) is 7.62. The number of rotatable bonds is 13. The van der Waals surface area contributed by atoms with Crippen molar-refractivity contribution in [2.24, 2.45) is 0 Å². The minimum absolute atomic E-state index is 0.0370. The summed E-state index contributed by atoms with van der Waals surface area (Å²) in [6, 6.07) is 13.9. The summed E-state index contributed by atoms with van der Waals surface area (Å²) in [6.45, 7) is -0.880. The number of aromatic carboxylic acids is 1. The summed E-state index contributed by atoms with van der Waals surface area (Å²) < 4.78 is 5.10. The monoisotopic (exact) mass is 528 g/mol. The average molecular weight is 528 g/mol. The van der Waals surface area contributed by atoms with E-state index < -0.39 is 38.6 Å². The molecule has 0 amide bonds. The lowest BCUT2D eigenvalue weighted by molar-refractivity contribution is -0.387.